The van der Waals surface area contributed by atoms with Crippen LogP contribution in [0.2, 0.25) is 0 Å². The van der Waals surface area contributed by atoms with Crippen LogP contribution in [0.25, 0.3) is 11.1 Å². The number of carbonyl (C=O) groups excluding carboxylic acids is 4. The van der Waals surface area contributed by atoms with Gasteiger partial charge in [-0.15, -0.1) is 13.2 Å². The zero-order valence-corrected chi connectivity index (χ0v) is 24.6. The van der Waals surface area contributed by atoms with Crippen LogP contribution in [-0.4, -0.2) is 67.4 Å². The van der Waals surface area contributed by atoms with Gasteiger partial charge in [-0.2, -0.15) is 0 Å². The van der Waals surface area contributed by atoms with E-state index >= 15 is 0 Å². The van der Waals surface area contributed by atoms with Gasteiger partial charge < -0.3 is 30.5 Å². The highest BCUT2D eigenvalue weighted by molar-refractivity contribution is 5.86. The molecule has 2 aromatic rings. The van der Waals surface area contributed by atoms with Crippen molar-refractivity contribution in [3.63, 3.8) is 0 Å². The molecule has 3 atom stereocenters. The van der Waals surface area contributed by atoms with Crippen LogP contribution in [0.4, 0.5) is 4.79 Å². The number of hydrogen-bond acceptors (Lipinski definition) is 7. The average Bonchev–Trinajstić information content (AvgIpc) is 3.33. The number of ether oxygens (including phenoxy) is 2. The summed E-state index contributed by atoms with van der Waals surface area (Å²) in [5.41, 5.74) is 4.39. The standard InChI is InChI=1S/C33H41N3O7/c1-4-6-16-29(32(40)42-18-17-34-31(39)23(11-5-2)19-30(38)35-22(3)20-37)36-33(41)43-21-28-26-14-9-7-12-24(26)25-13-8-10-15-27(25)28/h4-5,7-10,12-15,22-23,28-29,37H,1-2,6,11,16-21H2,3H3,(H,34,39)(H,35,38)(H,36,41)/t22-,23+,29-/m0/s1. The second-order valence-electron chi connectivity index (χ2n) is 10.4. The molecule has 0 heterocycles. The summed E-state index contributed by atoms with van der Waals surface area (Å²) in [4.78, 5) is 50.3. The molecule has 0 aliphatic heterocycles. The Morgan fingerprint density at radius 1 is 0.953 bits per heavy atom. The van der Waals surface area contributed by atoms with Gasteiger partial charge in [-0.3, -0.25) is 9.59 Å². The number of alkyl carbamates (subject to hydrolysis) is 1. The number of fused-ring (bicyclic) bond motifs is 3. The Morgan fingerprint density at radius 3 is 2.21 bits per heavy atom. The van der Waals surface area contributed by atoms with Crippen molar-refractivity contribution in [3.8, 4) is 11.1 Å². The summed E-state index contributed by atoms with van der Waals surface area (Å²) in [6.07, 6.45) is 3.38. The van der Waals surface area contributed by atoms with Gasteiger partial charge in [0.05, 0.1) is 19.1 Å². The Kier molecular flexibility index (Phi) is 13.0. The highest BCUT2D eigenvalue weighted by Gasteiger charge is 2.30. The van der Waals surface area contributed by atoms with Crippen LogP contribution >= 0.6 is 0 Å². The number of benzene rings is 2. The second kappa shape index (κ2) is 16.9. The van der Waals surface area contributed by atoms with Gasteiger partial charge in [0, 0.05) is 18.4 Å². The molecule has 43 heavy (non-hydrogen) atoms. The van der Waals surface area contributed by atoms with Crippen LogP contribution in [-0.2, 0) is 23.9 Å². The Morgan fingerprint density at radius 2 is 1.60 bits per heavy atom. The highest BCUT2D eigenvalue weighted by atomic mass is 16.6. The van der Waals surface area contributed by atoms with Crippen molar-refractivity contribution < 1.29 is 33.8 Å². The lowest BCUT2D eigenvalue weighted by Crippen LogP contribution is -2.43. The number of carbonyl (C=O) groups is 4. The van der Waals surface area contributed by atoms with Crippen LogP contribution in [0.15, 0.2) is 73.8 Å². The first-order valence-electron chi connectivity index (χ1n) is 14.5. The van der Waals surface area contributed by atoms with E-state index in [9.17, 15) is 19.2 Å². The first kappa shape index (κ1) is 33.1. The summed E-state index contributed by atoms with van der Waals surface area (Å²) in [5.74, 6) is -2.18. The number of esters is 1. The van der Waals surface area contributed by atoms with Gasteiger partial charge in [0.15, 0.2) is 0 Å². The molecule has 230 valence electrons. The molecule has 0 fully saturated rings. The normalized spacial score (nSPS) is 13.8. The summed E-state index contributed by atoms with van der Waals surface area (Å²) in [7, 11) is 0. The molecule has 10 nitrogen and oxygen atoms in total. The van der Waals surface area contributed by atoms with Crippen molar-refractivity contribution in [1.82, 2.24) is 16.0 Å². The van der Waals surface area contributed by atoms with E-state index in [0.29, 0.717) is 6.42 Å². The van der Waals surface area contributed by atoms with Gasteiger partial charge >= 0.3 is 12.1 Å². The van der Waals surface area contributed by atoms with Crippen molar-refractivity contribution in [2.75, 3.05) is 26.4 Å². The average molecular weight is 592 g/mol. The van der Waals surface area contributed by atoms with E-state index in [1.54, 1.807) is 19.1 Å². The minimum absolute atomic E-state index is 0.0198. The van der Waals surface area contributed by atoms with E-state index in [1.165, 1.54) is 0 Å². The molecule has 1 aliphatic carbocycles. The molecule has 10 heteroatoms. The van der Waals surface area contributed by atoms with E-state index < -0.39 is 30.1 Å². The van der Waals surface area contributed by atoms with Crippen molar-refractivity contribution in [1.29, 1.82) is 0 Å². The largest absolute Gasteiger partial charge is 0.462 e. The maximum atomic E-state index is 12.8. The van der Waals surface area contributed by atoms with E-state index in [2.05, 4.69) is 29.1 Å². The fourth-order valence-electron chi connectivity index (χ4n) is 4.97. The Hall–Kier alpha value is -4.44. The Bertz CT molecular complexity index is 1250. The molecule has 0 spiro atoms. The van der Waals surface area contributed by atoms with Crippen molar-refractivity contribution in [2.24, 2.45) is 5.92 Å². The van der Waals surface area contributed by atoms with E-state index in [4.69, 9.17) is 14.6 Å². The third kappa shape index (κ3) is 9.54. The minimum Gasteiger partial charge on any atom is -0.462 e. The number of aliphatic hydroxyl groups is 1. The number of nitrogens with one attached hydrogen (secondary N) is 3. The first-order chi connectivity index (χ1) is 20.8. The monoisotopic (exact) mass is 591 g/mol. The fraction of sp³-hybridized carbons (Fsp3) is 0.394. The van der Waals surface area contributed by atoms with E-state index in [-0.39, 0.29) is 63.4 Å². The minimum atomic E-state index is -0.963. The van der Waals surface area contributed by atoms with Crippen LogP contribution in [0.1, 0.15) is 49.7 Å². The molecule has 0 saturated carbocycles. The molecular formula is C33H41N3O7. The molecule has 0 aromatic heterocycles. The quantitative estimate of drug-likeness (QED) is 0.125. The summed E-state index contributed by atoms with van der Waals surface area (Å²) in [5, 5.41) is 17.0. The Labute approximate surface area is 252 Å². The van der Waals surface area contributed by atoms with Crippen LogP contribution in [0, 0.1) is 5.92 Å². The van der Waals surface area contributed by atoms with E-state index in [0.717, 1.165) is 22.3 Å². The maximum absolute atomic E-state index is 12.8. The highest BCUT2D eigenvalue weighted by Crippen LogP contribution is 2.44. The van der Waals surface area contributed by atoms with Gasteiger partial charge in [0.25, 0.3) is 0 Å². The van der Waals surface area contributed by atoms with Gasteiger partial charge in [0.2, 0.25) is 11.8 Å². The van der Waals surface area contributed by atoms with Gasteiger partial charge in [-0.25, -0.2) is 9.59 Å². The zero-order chi connectivity index (χ0) is 31.2. The third-order valence-corrected chi connectivity index (χ3v) is 7.16. The second-order valence-corrected chi connectivity index (χ2v) is 10.4. The molecule has 2 aromatic carbocycles. The smallest absolute Gasteiger partial charge is 0.407 e. The third-order valence-electron chi connectivity index (χ3n) is 7.16. The summed E-state index contributed by atoms with van der Waals surface area (Å²) >= 11 is 0. The first-order valence-corrected chi connectivity index (χ1v) is 14.5. The van der Waals surface area contributed by atoms with Gasteiger partial charge in [-0.1, -0.05) is 60.7 Å². The molecule has 0 unspecified atom stereocenters. The lowest BCUT2D eigenvalue weighted by molar-refractivity contribution is -0.146. The molecule has 0 radical (unpaired) electrons. The summed E-state index contributed by atoms with van der Waals surface area (Å²) in [6.45, 7) is 8.76. The SMILES string of the molecule is C=CCC[C@H](NC(=O)OCC1c2ccccc2-c2ccccc21)C(=O)OCCNC(=O)[C@H](CC=C)CC(=O)N[C@@H](C)CO. The lowest BCUT2D eigenvalue weighted by Gasteiger charge is -2.19. The molecular weight excluding hydrogens is 550 g/mol. The predicted octanol–water partition coefficient (Wildman–Crippen LogP) is 3.60. The molecule has 0 bridgehead atoms. The molecule has 3 amide bonds. The van der Waals surface area contributed by atoms with Crippen LogP contribution in [0.3, 0.4) is 0 Å². The Balaban J connectivity index is 1.48. The van der Waals surface area contributed by atoms with Crippen molar-refractivity contribution >= 4 is 23.9 Å². The number of hydrogen-bond donors (Lipinski definition) is 4. The molecule has 0 saturated heterocycles. The van der Waals surface area contributed by atoms with Crippen molar-refractivity contribution in [2.45, 2.75) is 50.6 Å². The maximum Gasteiger partial charge on any atom is 0.407 e. The van der Waals surface area contributed by atoms with Gasteiger partial charge in [-0.05, 0) is 48.4 Å². The van der Waals surface area contributed by atoms with Crippen molar-refractivity contribution in [3.05, 3.63) is 85.0 Å². The van der Waals surface area contributed by atoms with E-state index in [1.807, 2.05) is 48.5 Å². The lowest BCUT2D eigenvalue weighted by atomic mass is 9.98. The van der Waals surface area contributed by atoms with Crippen LogP contribution < -0.4 is 16.0 Å². The molecule has 1 aliphatic rings. The molecule has 3 rings (SSSR count). The zero-order valence-electron chi connectivity index (χ0n) is 24.6. The number of rotatable bonds is 17. The predicted molar refractivity (Wildman–Crippen MR) is 163 cm³/mol. The topological polar surface area (TPSA) is 143 Å². The molecule has 4 N–H and O–H groups in total. The summed E-state index contributed by atoms with van der Waals surface area (Å²) < 4.78 is 10.9. The number of aliphatic hydroxyl groups excluding tert-OH is 1. The number of allylic oxidation sites excluding steroid dienone is 2. The fourth-order valence-corrected chi connectivity index (χ4v) is 4.97. The number of amides is 3. The van der Waals surface area contributed by atoms with Crippen LogP contribution in [0.5, 0.6) is 0 Å². The van der Waals surface area contributed by atoms with Gasteiger partial charge in [0.1, 0.15) is 19.3 Å². The summed E-state index contributed by atoms with van der Waals surface area (Å²) in [6, 6.07) is 14.6.